The average molecular weight is 475 g/mol. The summed E-state index contributed by atoms with van der Waals surface area (Å²) in [5.41, 5.74) is 2.65. The third-order valence-electron chi connectivity index (χ3n) is 4.91. The van der Waals surface area contributed by atoms with E-state index < -0.39 is 17.6 Å². The van der Waals surface area contributed by atoms with Gasteiger partial charge in [0.1, 0.15) is 17.5 Å². The van der Waals surface area contributed by atoms with Gasteiger partial charge in [0.25, 0.3) is 0 Å². The fourth-order valence-electron chi connectivity index (χ4n) is 3.72. The highest BCUT2D eigenvalue weighted by atomic mass is 79.9. The van der Waals surface area contributed by atoms with Gasteiger partial charge in [-0.15, -0.1) is 0 Å². The zero-order valence-electron chi connectivity index (χ0n) is 15.0. The molecule has 0 saturated heterocycles. The molecule has 4 aromatic rings. The molecule has 1 atom stereocenters. The molecule has 3 heterocycles. The van der Waals surface area contributed by atoms with Crippen molar-refractivity contribution in [2.24, 2.45) is 0 Å². The van der Waals surface area contributed by atoms with Crippen LogP contribution in [0.25, 0.3) is 15.3 Å². The first kappa shape index (κ1) is 18.4. The molecule has 5 nitrogen and oxygen atoms in total. The Bertz CT molecular complexity index is 1280. The summed E-state index contributed by atoms with van der Waals surface area (Å²) in [6, 6.07) is 9.13. The van der Waals surface area contributed by atoms with Crippen molar-refractivity contribution < 1.29 is 13.6 Å². The summed E-state index contributed by atoms with van der Waals surface area (Å²) >= 11 is 4.90. The van der Waals surface area contributed by atoms with Gasteiger partial charge in [0.2, 0.25) is 11.0 Å². The van der Waals surface area contributed by atoms with Gasteiger partial charge in [0.15, 0.2) is 0 Å². The maximum atomic E-state index is 13.8. The number of anilines is 1. The van der Waals surface area contributed by atoms with Gasteiger partial charge in [-0.25, -0.2) is 13.8 Å². The van der Waals surface area contributed by atoms with Crippen molar-refractivity contribution in [2.45, 2.75) is 19.3 Å². The molecule has 0 bridgehead atoms. The van der Waals surface area contributed by atoms with Crippen LogP contribution in [0.1, 0.15) is 29.2 Å². The monoisotopic (exact) mass is 474 g/mol. The van der Waals surface area contributed by atoms with Crippen LogP contribution < -0.4 is 5.32 Å². The number of amides is 1. The largest absolute Gasteiger partial charge is 0.310 e. The first-order valence-corrected chi connectivity index (χ1v) is 10.4. The van der Waals surface area contributed by atoms with Gasteiger partial charge in [-0.1, -0.05) is 27.3 Å². The van der Waals surface area contributed by atoms with Crippen LogP contribution >= 0.6 is 27.3 Å². The number of fused-ring (bicyclic) bond motifs is 2. The van der Waals surface area contributed by atoms with Gasteiger partial charge in [-0.3, -0.25) is 4.79 Å². The van der Waals surface area contributed by atoms with Gasteiger partial charge in [0.05, 0.1) is 15.9 Å². The highest BCUT2D eigenvalue weighted by Crippen LogP contribution is 2.41. The standard InChI is InChI=1S/C20H13BrF2N4OS/c1-9-18-14(10-4-12(22)7-13(23)5-10)8-17(28)25-19(18)27(26-9)20-24-15-3-2-11(21)6-16(15)29-20/h2-7,14H,8H2,1H3,(H,25,28)/t14-/m0/s1. The SMILES string of the molecule is Cc1nn(-c2nc3ccc(Br)cc3s2)c2c1[C@H](c1cc(F)cc(F)c1)CC(=O)N2. The van der Waals surface area contributed by atoms with Crippen molar-refractivity contribution in [1.29, 1.82) is 0 Å². The number of thiazole rings is 1. The highest BCUT2D eigenvalue weighted by Gasteiger charge is 2.33. The molecule has 1 N–H and O–H groups in total. The molecule has 2 aromatic carbocycles. The van der Waals surface area contributed by atoms with Crippen LogP contribution in [0.3, 0.4) is 0 Å². The minimum Gasteiger partial charge on any atom is -0.310 e. The molecule has 29 heavy (non-hydrogen) atoms. The number of carbonyl (C=O) groups is 1. The van der Waals surface area contributed by atoms with Crippen molar-refractivity contribution in [1.82, 2.24) is 14.8 Å². The second kappa shape index (κ2) is 6.70. The Hall–Kier alpha value is -2.65. The lowest BCUT2D eigenvalue weighted by molar-refractivity contribution is -0.116. The van der Waals surface area contributed by atoms with E-state index >= 15 is 0 Å². The second-order valence-electron chi connectivity index (χ2n) is 6.88. The number of aryl methyl sites for hydroxylation is 1. The van der Waals surface area contributed by atoms with Gasteiger partial charge in [-0.05, 0) is 42.8 Å². The van der Waals surface area contributed by atoms with Gasteiger partial charge in [0, 0.05) is 28.4 Å². The first-order chi connectivity index (χ1) is 13.9. The Morgan fingerprint density at radius 1 is 1.21 bits per heavy atom. The molecule has 0 fully saturated rings. The quantitative estimate of drug-likeness (QED) is 0.428. The molecule has 9 heteroatoms. The van der Waals surface area contributed by atoms with Crippen LogP contribution in [0.15, 0.2) is 40.9 Å². The Morgan fingerprint density at radius 3 is 2.72 bits per heavy atom. The van der Waals surface area contributed by atoms with E-state index in [4.69, 9.17) is 0 Å². The summed E-state index contributed by atoms with van der Waals surface area (Å²) in [6.45, 7) is 1.82. The molecule has 0 saturated carbocycles. The molecule has 5 rings (SSSR count). The number of aromatic nitrogens is 3. The molecule has 1 aliphatic heterocycles. The lowest BCUT2D eigenvalue weighted by atomic mass is 9.85. The number of carbonyl (C=O) groups excluding carboxylic acids is 1. The molecule has 0 radical (unpaired) electrons. The average Bonchev–Trinajstić information content (AvgIpc) is 3.20. The maximum absolute atomic E-state index is 13.8. The van der Waals surface area contributed by atoms with E-state index in [2.05, 4.69) is 31.3 Å². The minimum absolute atomic E-state index is 0.0925. The number of hydrogen-bond donors (Lipinski definition) is 1. The Balaban J connectivity index is 1.68. The summed E-state index contributed by atoms with van der Waals surface area (Å²) in [5, 5.41) is 8.06. The van der Waals surface area contributed by atoms with Crippen molar-refractivity contribution >= 4 is 49.2 Å². The summed E-state index contributed by atoms with van der Waals surface area (Å²) in [4.78, 5) is 17.0. The number of halogens is 3. The Labute approximate surface area is 176 Å². The van der Waals surface area contributed by atoms with Crippen molar-refractivity contribution in [3.8, 4) is 5.13 Å². The molecule has 0 spiro atoms. The number of rotatable bonds is 2. The van der Waals surface area contributed by atoms with Crippen LogP contribution in [-0.4, -0.2) is 20.7 Å². The Morgan fingerprint density at radius 2 is 1.97 bits per heavy atom. The third kappa shape index (κ3) is 3.14. The summed E-state index contributed by atoms with van der Waals surface area (Å²) in [6.07, 6.45) is 0.0925. The molecule has 0 aliphatic carbocycles. The van der Waals surface area contributed by atoms with E-state index in [9.17, 15) is 13.6 Å². The summed E-state index contributed by atoms with van der Waals surface area (Å²) in [5.74, 6) is -1.58. The molecule has 1 amide bonds. The lowest BCUT2D eigenvalue weighted by Crippen LogP contribution is -2.25. The van der Waals surface area contributed by atoms with Crippen LogP contribution in [0.4, 0.5) is 14.6 Å². The van der Waals surface area contributed by atoms with E-state index in [-0.39, 0.29) is 12.3 Å². The lowest BCUT2D eigenvalue weighted by Gasteiger charge is -2.24. The van der Waals surface area contributed by atoms with Crippen LogP contribution in [0, 0.1) is 18.6 Å². The molecular weight excluding hydrogens is 462 g/mol. The zero-order chi connectivity index (χ0) is 20.3. The number of nitrogens with one attached hydrogen (secondary N) is 1. The van der Waals surface area contributed by atoms with E-state index in [1.165, 1.54) is 23.5 Å². The maximum Gasteiger partial charge on any atom is 0.226 e. The molecule has 146 valence electrons. The smallest absolute Gasteiger partial charge is 0.226 e. The normalized spacial score (nSPS) is 16.1. The zero-order valence-corrected chi connectivity index (χ0v) is 17.4. The van der Waals surface area contributed by atoms with Crippen molar-refractivity contribution in [3.63, 3.8) is 0 Å². The van der Waals surface area contributed by atoms with E-state index in [1.54, 1.807) is 4.68 Å². The van der Waals surface area contributed by atoms with E-state index in [1.807, 2.05) is 25.1 Å². The second-order valence-corrected chi connectivity index (χ2v) is 8.80. The van der Waals surface area contributed by atoms with Crippen molar-refractivity contribution in [2.75, 3.05) is 5.32 Å². The molecule has 0 unspecified atom stereocenters. The van der Waals surface area contributed by atoms with Gasteiger partial charge < -0.3 is 5.32 Å². The fourth-order valence-corrected chi connectivity index (χ4v) is 5.20. The number of benzene rings is 2. The van der Waals surface area contributed by atoms with Gasteiger partial charge in [-0.2, -0.15) is 9.78 Å². The predicted octanol–water partition coefficient (Wildman–Crippen LogP) is 5.31. The van der Waals surface area contributed by atoms with Crippen LogP contribution in [-0.2, 0) is 4.79 Å². The van der Waals surface area contributed by atoms with Crippen molar-refractivity contribution in [3.05, 3.63) is 69.3 Å². The number of nitrogens with zero attached hydrogens (tertiary/aromatic N) is 3. The fraction of sp³-hybridized carbons (Fsp3) is 0.150. The number of hydrogen-bond acceptors (Lipinski definition) is 4. The molecule has 2 aromatic heterocycles. The molecular formula is C20H13BrF2N4OS. The summed E-state index contributed by atoms with van der Waals surface area (Å²) < 4.78 is 31.1. The Kier molecular flexibility index (Phi) is 4.25. The van der Waals surface area contributed by atoms with Crippen LogP contribution in [0.2, 0.25) is 0 Å². The highest BCUT2D eigenvalue weighted by molar-refractivity contribution is 9.10. The van der Waals surface area contributed by atoms with Gasteiger partial charge >= 0.3 is 0 Å². The third-order valence-corrected chi connectivity index (χ3v) is 6.40. The first-order valence-electron chi connectivity index (χ1n) is 8.81. The summed E-state index contributed by atoms with van der Waals surface area (Å²) in [7, 11) is 0. The molecule has 1 aliphatic rings. The minimum atomic E-state index is -0.672. The van der Waals surface area contributed by atoms with E-state index in [0.717, 1.165) is 26.3 Å². The van der Waals surface area contributed by atoms with Crippen LogP contribution in [0.5, 0.6) is 0 Å². The van der Waals surface area contributed by atoms with E-state index in [0.29, 0.717) is 22.2 Å². The topological polar surface area (TPSA) is 59.8 Å². The predicted molar refractivity (Wildman–Crippen MR) is 111 cm³/mol.